The summed E-state index contributed by atoms with van der Waals surface area (Å²) in [4.78, 5) is 25.8. The average molecular weight is 368 g/mol. The first-order chi connectivity index (χ1) is 11.7. The first kappa shape index (κ1) is 19.7. The van der Waals surface area contributed by atoms with Crippen molar-refractivity contribution in [2.75, 3.05) is 26.3 Å². The van der Waals surface area contributed by atoms with E-state index >= 15 is 0 Å². The van der Waals surface area contributed by atoms with Crippen LogP contribution in [-0.4, -0.2) is 49.1 Å². The van der Waals surface area contributed by atoms with Gasteiger partial charge < -0.3 is 20.3 Å². The van der Waals surface area contributed by atoms with Gasteiger partial charge in [-0.1, -0.05) is 24.3 Å². The van der Waals surface area contributed by atoms with Crippen LogP contribution in [0, 0.1) is 0 Å². The summed E-state index contributed by atoms with van der Waals surface area (Å²) in [5.74, 6) is 0.238. The number of carbonyl (C=O) groups excluding carboxylic acids is 2. The van der Waals surface area contributed by atoms with Crippen LogP contribution in [-0.2, 0) is 27.4 Å². The highest BCUT2D eigenvalue weighted by Gasteiger charge is 2.21. The summed E-state index contributed by atoms with van der Waals surface area (Å²) < 4.78 is 5.37. The Kier molecular flexibility index (Phi) is 7.68. The van der Waals surface area contributed by atoms with E-state index in [0.717, 1.165) is 30.6 Å². The van der Waals surface area contributed by atoms with Crippen molar-refractivity contribution in [2.24, 2.45) is 0 Å². The van der Waals surface area contributed by atoms with Crippen LogP contribution >= 0.6 is 12.4 Å². The molecule has 7 heteroatoms. The lowest BCUT2D eigenvalue weighted by atomic mass is 10.1. The maximum Gasteiger partial charge on any atom is 0.222 e. The number of hydrogen-bond acceptors (Lipinski definition) is 4. The third kappa shape index (κ3) is 5.70. The molecular formula is C18H26ClN3O3. The second-order valence-corrected chi connectivity index (χ2v) is 6.39. The molecule has 1 atom stereocenters. The molecule has 2 N–H and O–H groups in total. The molecule has 138 valence electrons. The van der Waals surface area contributed by atoms with Crippen molar-refractivity contribution >= 4 is 24.2 Å². The second kappa shape index (κ2) is 9.75. The standard InChI is InChI=1S/C18H25N3O3.ClH/c22-17(10-16-13-24-9-7-19-16)20-11-14-4-1-2-5-15(14)12-21-8-3-6-18(21)23;/h1-2,4-5,16,19H,3,6-13H2,(H,20,22);1H. The summed E-state index contributed by atoms with van der Waals surface area (Å²) in [6, 6.07) is 8.08. The molecule has 0 bridgehead atoms. The number of amides is 2. The molecule has 2 heterocycles. The van der Waals surface area contributed by atoms with Gasteiger partial charge in [0.15, 0.2) is 0 Å². The molecule has 0 aliphatic carbocycles. The van der Waals surface area contributed by atoms with E-state index in [1.54, 1.807) is 0 Å². The van der Waals surface area contributed by atoms with Crippen LogP contribution in [0.4, 0.5) is 0 Å². The number of rotatable bonds is 6. The normalized spacial score (nSPS) is 20.2. The van der Waals surface area contributed by atoms with Gasteiger partial charge in [0.2, 0.25) is 11.8 Å². The molecule has 0 aromatic heterocycles. The number of ether oxygens (including phenoxy) is 1. The van der Waals surface area contributed by atoms with E-state index in [2.05, 4.69) is 10.6 Å². The van der Waals surface area contributed by atoms with Gasteiger partial charge in [0.05, 0.1) is 13.2 Å². The van der Waals surface area contributed by atoms with Crippen LogP contribution in [0.5, 0.6) is 0 Å². The molecule has 6 nitrogen and oxygen atoms in total. The molecule has 0 spiro atoms. The highest BCUT2D eigenvalue weighted by Crippen LogP contribution is 2.17. The minimum Gasteiger partial charge on any atom is -0.378 e. The van der Waals surface area contributed by atoms with Gasteiger partial charge in [-0.15, -0.1) is 12.4 Å². The average Bonchev–Trinajstić information content (AvgIpc) is 3.00. The summed E-state index contributed by atoms with van der Waals surface area (Å²) in [7, 11) is 0. The zero-order chi connectivity index (χ0) is 16.8. The maximum absolute atomic E-state index is 12.1. The lowest BCUT2D eigenvalue weighted by Crippen LogP contribution is -2.44. The molecule has 2 aliphatic heterocycles. The predicted molar refractivity (Wildman–Crippen MR) is 97.4 cm³/mol. The van der Waals surface area contributed by atoms with E-state index in [-0.39, 0.29) is 30.3 Å². The Morgan fingerprint density at radius 3 is 2.80 bits per heavy atom. The maximum atomic E-state index is 12.1. The summed E-state index contributed by atoms with van der Waals surface area (Å²) in [5.41, 5.74) is 2.17. The van der Waals surface area contributed by atoms with Crippen molar-refractivity contribution < 1.29 is 14.3 Å². The highest BCUT2D eigenvalue weighted by atomic mass is 35.5. The molecule has 0 saturated carbocycles. The highest BCUT2D eigenvalue weighted by molar-refractivity contribution is 5.85. The van der Waals surface area contributed by atoms with E-state index in [9.17, 15) is 9.59 Å². The Bertz CT molecular complexity index is 591. The Labute approximate surface area is 154 Å². The molecular weight excluding hydrogens is 342 g/mol. The summed E-state index contributed by atoms with van der Waals surface area (Å²) >= 11 is 0. The molecule has 3 rings (SSSR count). The molecule has 2 amide bonds. The van der Waals surface area contributed by atoms with Gasteiger partial charge in [-0.25, -0.2) is 0 Å². The van der Waals surface area contributed by atoms with Gasteiger partial charge in [-0.05, 0) is 17.5 Å². The number of morpholine rings is 1. The minimum absolute atomic E-state index is 0. The summed E-state index contributed by atoms with van der Waals surface area (Å²) in [5, 5.41) is 6.27. The third-order valence-electron chi connectivity index (χ3n) is 4.56. The second-order valence-electron chi connectivity index (χ2n) is 6.39. The predicted octanol–water partition coefficient (Wildman–Crippen LogP) is 1.23. The van der Waals surface area contributed by atoms with Gasteiger partial charge in [0.25, 0.3) is 0 Å². The van der Waals surface area contributed by atoms with Gasteiger partial charge >= 0.3 is 0 Å². The van der Waals surface area contributed by atoms with Crippen LogP contribution in [0.3, 0.4) is 0 Å². The Morgan fingerprint density at radius 1 is 1.32 bits per heavy atom. The number of nitrogens with zero attached hydrogens (tertiary/aromatic N) is 1. The molecule has 25 heavy (non-hydrogen) atoms. The molecule has 2 aliphatic rings. The van der Waals surface area contributed by atoms with Gasteiger partial charge in [0.1, 0.15) is 0 Å². The molecule has 2 fully saturated rings. The van der Waals surface area contributed by atoms with Gasteiger partial charge in [-0.2, -0.15) is 0 Å². The third-order valence-corrected chi connectivity index (χ3v) is 4.56. The lowest BCUT2D eigenvalue weighted by molar-refractivity contribution is -0.128. The van der Waals surface area contributed by atoms with Gasteiger partial charge in [-0.3, -0.25) is 9.59 Å². The van der Waals surface area contributed by atoms with Crippen LogP contribution in [0.2, 0.25) is 0 Å². The van der Waals surface area contributed by atoms with E-state index in [4.69, 9.17) is 4.74 Å². The van der Waals surface area contributed by atoms with E-state index in [1.165, 1.54) is 0 Å². The van der Waals surface area contributed by atoms with Gasteiger partial charge in [0, 0.05) is 45.1 Å². The summed E-state index contributed by atoms with van der Waals surface area (Å²) in [6.45, 7) is 4.03. The zero-order valence-corrected chi connectivity index (χ0v) is 15.1. The molecule has 1 aromatic carbocycles. The number of nitrogens with one attached hydrogen (secondary N) is 2. The van der Waals surface area contributed by atoms with Crippen LogP contribution in [0.1, 0.15) is 30.4 Å². The van der Waals surface area contributed by atoms with E-state index < -0.39 is 0 Å². The minimum atomic E-state index is 0. The van der Waals surface area contributed by atoms with Crippen molar-refractivity contribution in [1.82, 2.24) is 15.5 Å². The van der Waals surface area contributed by atoms with Crippen LogP contribution in [0.15, 0.2) is 24.3 Å². The van der Waals surface area contributed by atoms with Crippen LogP contribution in [0.25, 0.3) is 0 Å². The zero-order valence-electron chi connectivity index (χ0n) is 14.3. The fourth-order valence-corrected chi connectivity index (χ4v) is 3.20. The monoisotopic (exact) mass is 367 g/mol. The fourth-order valence-electron chi connectivity index (χ4n) is 3.20. The van der Waals surface area contributed by atoms with Crippen LogP contribution < -0.4 is 10.6 Å². The van der Waals surface area contributed by atoms with Crippen molar-refractivity contribution in [1.29, 1.82) is 0 Å². The molecule has 2 saturated heterocycles. The Morgan fingerprint density at radius 2 is 2.12 bits per heavy atom. The number of hydrogen-bond donors (Lipinski definition) is 2. The largest absolute Gasteiger partial charge is 0.378 e. The van der Waals surface area contributed by atoms with Crippen molar-refractivity contribution in [3.8, 4) is 0 Å². The van der Waals surface area contributed by atoms with Crippen molar-refractivity contribution in [3.63, 3.8) is 0 Å². The quantitative estimate of drug-likeness (QED) is 0.793. The SMILES string of the molecule is Cl.O=C(CC1COCCN1)NCc1ccccc1CN1CCCC1=O. The van der Waals surface area contributed by atoms with E-state index in [0.29, 0.717) is 39.1 Å². The molecule has 0 radical (unpaired) electrons. The summed E-state index contributed by atoms with van der Waals surface area (Å²) in [6.07, 6.45) is 2.01. The molecule has 1 unspecified atom stereocenters. The first-order valence-corrected chi connectivity index (χ1v) is 8.65. The van der Waals surface area contributed by atoms with Crippen molar-refractivity contribution in [3.05, 3.63) is 35.4 Å². The topological polar surface area (TPSA) is 70.7 Å². The Balaban J connectivity index is 0.00000225. The number of halogens is 1. The van der Waals surface area contributed by atoms with E-state index in [1.807, 2.05) is 29.2 Å². The Hall–Kier alpha value is -1.63. The number of carbonyl (C=O) groups is 2. The number of benzene rings is 1. The fraction of sp³-hybridized carbons (Fsp3) is 0.556. The smallest absolute Gasteiger partial charge is 0.222 e. The number of likely N-dealkylation sites (tertiary alicyclic amines) is 1. The van der Waals surface area contributed by atoms with Crippen molar-refractivity contribution in [2.45, 2.75) is 38.4 Å². The molecule has 1 aromatic rings. The first-order valence-electron chi connectivity index (χ1n) is 8.65. The lowest BCUT2D eigenvalue weighted by Gasteiger charge is -2.23.